The van der Waals surface area contributed by atoms with Gasteiger partial charge in [-0.2, -0.15) is 5.10 Å². The average Bonchev–Trinajstić information content (AvgIpc) is 3.38. The van der Waals surface area contributed by atoms with Gasteiger partial charge in [-0.25, -0.2) is 0 Å². The van der Waals surface area contributed by atoms with Gasteiger partial charge >= 0.3 is 0 Å². The number of rotatable bonds is 4. The second kappa shape index (κ2) is 7.19. The summed E-state index contributed by atoms with van der Waals surface area (Å²) in [4.78, 5) is 16.9. The Morgan fingerprint density at radius 3 is 2.50 bits per heavy atom. The van der Waals surface area contributed by atoms with Gasteiger partial charge in [0.15, 0.2) is 0 Å². The highest BCUT2D eigenvalue weighted by Crippen LogP contribution is 2.28. The predicted octanol–water partition coefficient (Wildman–Crippen LogP) is 1.16. The van der Waals surface area contributed by atoms with Gasteiger partial charge in [-0.15, -0.1) is 10.2 Å². The first-order valence-corrected chi connectivity index (χ1v) is 9.50. The molecule has 26 heavy (non-hydrogen) atoms. The van der Waals surface area contributed by atoms with Crippen molar-refractivity contribution in [2.24, 2.45) is 14.1 Å². The van der Waals surface area contributed by atoms with Crippen LogP contribution in [0, 0.1) is 0 Å². The molecule has 0 unspecified atom stereocenters. The van der Waals surface area contributed by atoms with Crippen LogP contribution in [0.5, 0.6) is 0 Å². The Morgan fingerprint density at radius 2 is 1.85 bits per heavy atom. The molecule has 2 fully saturated rings. The average molecular weight is 357 g/mol. The van der Waals surface area contributed by atoms with E-state index < -0.39 is 0 Å². The van der Waals surface area contributed by atoms with E-state index in [0.29, 0.717) is 11.5 Å². The monoisotopic (exact) mass is 357 g/mol. The Hall–Kier alpha value is -2.22. The Kier molecular flexibility index (Phi) is 4.76. The number of carbonyl (C=O) groups is 1. The normalized spacial score (nSPS) is 19.4. The van der Waals surface area contributed by atoms with E-state index >= 15 is 0 Å². The molecule has 0 N–H and O–H groups in total. The third-order valence-corrected chi connectivity index (χ3v) is 5.66. The van der Waals surface area contributed by atoms with Crippen molar-refractivity contribution in [3.63, 3.8) is 0 Å². The number of piperidine rings is 1. The molecule has 2 aromatic heterocycles. The molecule has 140 valence electrons. The van der Waals surface area contributed by atoms with Gasteiger partial charge < -0.3 is 9.47 Å². The summed E-state index contributed by atoms with van der Waals surface area (Å²) in [6.07, 6.45) is 7.86. The lowest BCUT2D eigenvalue weighted by Gasteiger charge is -2.31. The van der Waals surface area contributed by atoms with Crippen LogP contribution in [-0.4, -0.2) is 66.4 Å². The number of aromatic nitrogens is 5. The van der Waals surface area contributed by atoms with Crippen molar-refractivity contribution in [2.45, 2.75) is 38.1 Å². The highest BCUT2D eigenvalue weighted by molar-refractivity contribution is 5.93. The molecule has 0 radical (unpaired) electrons. The lowest BCUT2D eigenvalue weighted by atomic mass is 9.95. The van der Waals surface area contributed by atoms with Crippen LogP contribution >= 0.6 is 0 Å². The van der Waals surface area contributed by atoms with Gasteiger partial charge in [0.25, 0.3) is 5.91 Å². The fraction of sp³-hybridized carbons (Fsp3) is 0.667. The van der Waals surface area contributed by atoms with Gasteiger partial charge in [0.05, 0.1) is 18.3 Å². The van der Waals surface area contributed by atoms with E-state index in [-0.39, 0.29) is 5.91 Å². The van der Waals surface area contributed by atoms with E-state index in [1.165, 1.54) is 12.8 Å². The summed E-state index contributed by atoms with van der Waals surface area (Å²) >= 11 is 0. The van der Waals surface area contributed by atoms with E-state index in [2.05, 4.69) is 31.8 Å². The van der Waals surface area contributed by atoms with Crippen molar-refractivity contribution in [2.75, 3.05) is 26.2 Å². The first kappa shape index (κ1) is 17.2. The van der Waals surface area contributed by atoms with E-state index in [4.69, 9.17) is 0 Å². The van der Waals surface area contributed by atoms with Gasteiger partial charge in [0.1, 0.15) is 11.6 Å². The first-order valence-electron chi connectivity index (χ1n) is 9.50. The summed E-state index contributed by atoms with van der Waals surface area (Å²) in [5.74, 6) is 2.56. The van der Waals surface area contributed by atoms with E-state index in [9.17, 15) is 4.79 Å². The summed E-state index contributed by atoms with van der Waals surface area (Å²) < 4.78 is 3.84. The number of amides is 1. The van der Waals surface area contributed by atoms with Gasteiger partial charge in [-0.05, 0) is 38.8 Å². The fourth-order valence-electron chi connectivity index (χ4n) is 4.06. The van der Waals surface area contributed by atoms with Crippen LogP contribution in [0.1, 0.15) is 53.6 Å². The summed E-state index contributed by atoms with van der Waals surface area (Å²) in [5, 5.41) is 13.0. The van der Waals surface area contributed by atoms with Crippen LogP contribution in [0.3, 0.4) is 0 Å². The molecule has 0 aromatic carbocycles. The molecule has 0 spiro atoms. The summed E-state index contributed by atoms with van der Waals surface area (Å²) in [6.45, 7) is 4.73. The van der Waals surface area contributed by atoms with Crippen molar-refractivity contribution in [1.29, 1.82) is 0 Å². The first-order chi connectivity index (χ1) is 12.6. The zero-order valence-electron chi connectivity index (χ0n) is 15.6. The molecule has 2 aromatic rings. The molecule has 0 bridgehead atoms. The molecule has 2 aliphatic rings. The molecule has 8 heteroatoms. The van der Waals surface area contributed by atoms with Crippen LogP contribution in [0.4, 0.5) is 0 Å². The maximum absolute atomic E-state index is 12.6. The smallest absolute Gasteiger partial charge is 0.257 e. The maximum atomic E-state index is 12.6. The number of likely N-dealkylation sites (tertiary alicyclic amines) is 2. The minimum absolute atomic E-state index is 0.0734. The Bertz CT molecular complexity index is 766. The molecule has 0 atom stereocenters. The molecule has 4 heterocycles. The molecule has 0 saturated carbocycles. The summed E-state index contributed by atoms with van der Waals surface area (Å²) in [7, 11) is 3.91. The maximum Gasteiger partial charge on any atom is 0.257 e. The third kappa shape index (κ3) is 3.38. The Morgan fingerprint density at radius 1 is 1.12 bits per heavy atom. The number of carbonyl (C=O) groups excluding carboxylic acids is 1. The predicted molar refractivity (Wildman–Crippen MR) is 96.6 cm³/mol. The topological polar surface area (TPSA) is 72.1 Å². The molecule has 1 amide bonds. The quantitative estimate of drug-likeness (QED) is 0.821. The molecule has 0 aliphatic carbocycles. The van der Waals surface area contributed by atoms with Crippen LogP contribution in [0.25, 0.3) is 0 Å². The highest BCUT2D eigenvalue weighted by atomic mass is 16.2. The van der Waals surface area contributed by atoms with Gasteiger partial charge in [-0.3, -0.25) is 14.4 Å². The molecule has 8 nitrogen and oxygen atoms in total. The van der Waals surface area contributed by atoms with Crippen molar-refractivity contribution < 1.29 is 4.79 Å². The van der Waals surface area contributed by atoms with Gasteiger partial charge in [0.2, 0.25) is 0 Å². The number of aryl methyl sites for hydroxylation is 1. The number of hydrogen-bond acceptors (Lipinski definition) is 5. The third-order valence-electron chi connectivity index (χ3n) is 5.66. The van der Waals surface area contributed by atoms with Crippen molar-refractivity contribution >= 4 is 5.91 Å². The lowest BCUT2D eigenvalue weighted by molar-refractivity contribution is 0.0710. The minimum Gasteiger partial charge on any atom is -0.339 e. The molecule has 4 rings (SSSR count). The van der Waals surface area contributed by atoms with Crippen LogP contribution < -0.4 is 0 Å². The fourth-order valence-corrected chi connectivity index (χ4v) is 4.06. The molecule has 2 saturated heterocycles. The minimum atomic E-state index is 0.0734. The second-order valence-corrected chi connectivity index (χ2v) is 7.49. The van der Waals surface area contributed by atoms with E-state index in [0.717, 1.165) is 57.2 Å². The number of nitrogens with zero attached hydrogens (tertiary/aromatic N) is 7. The Labute approximate surface area is 153 Å². The summed E-state index contributed by atoms with van der Waals surface area (Å²) in [5.41, 5.74) is 0.664. The SMILES string of the molecule is Cn1cc(C(=O)N2CCC(c3nnc(CN4CCCC4)n3C)CC2)cn1. The summed E-state index contributed by atoms with van der Waals surface area (Å²) in [6, 6.07) is 0. The zero-order valence-corrected chi connectivity index (χ0v) is 15.6. The van der Waals surface area contributed by atoms with Gasteiger partial charge in [-0.1, -0.05) is 0 Å². The van der Waals surface area contributed by atoms with Crippen molar-refractivity contribution in [3.05, 3.63) is 29.6 Å². The second-order valence-electron chi connectivity index (χ2n) is 7.49. The van der Waals surface area contributed by atoms with Crippen molar-refractivity contribution in [3.8, 4) is 0 Å². The van der Waals surface area contributed by atoms with Crippen LogP contribution in [0.2, 0.25) is 0 Å². The lowest BCUT2D eigenvalue weighted by Crippen LogP contribution is -2.38. The van der Waals surface area contributed by atoms with E-state index in [1.54, 1.807) is 17.1 Å². The molecular formula is C18H27N7O. The van der Waals surface area contributed by atoms with E-state index in [1.807, 2.05) is 11.9 Å². The Balaban J connectivity index is 1.37. The zero-order chi connectivity index (χ0) is 18.1. The standard InChI is InChI=1S/C18H27N7O/c1-22-12-15(11-19-22)18(26)25-9-5-14(6-10-25)17-21-20-16(23(17)2)13-24-7-3-4-8-24/h11-12,14H,3-10,13H2,1-2H3. The van der Waals surface area contributed by atoms with Gasteiger partial charge in [0, 0.05) is 39.3 Å². The number of hydrogen-bond donors (Lipinski definition) is 0. The molecule has 2 aliphatic heterocycles. The molecular weight excluding hydrogens is 330 g/mol. The van der Waals surface area contributed by atoms with Crippen LogP contribution in [0.15, 0.2) is 12.4 Å². The highest BCUT2D eigenvalue weighted by Gasteiger charge is 2.28. The van der Waals surface area contributed by atoms with Crippen LogP contribution in [-0.2, 0) is 20.6 Å². The largest absolute Gasteiger partial charge is 0.339 e. The van der Waals surface area contributed by atoms with Crippen molar-refractivity contribution in [1.82, 2.24) is 34.3 Å².